The Bertz CT molecular complexity index is 666. The number of hydrogen-bond donors (Lipinski definition) is 3. The average molecular weight is 394 g/mol. The van der Waals surface area contributed by atoms with E-state index in [2.05, 4.69) is 15.8 Å². The number of carbonyl (C=O) groups excluding carboxylic acids is 2. The molecule has 3 N–H and O–H groups in total. The minimum absolute atomic E-state index is 0.115. The molecule has 2 aliphatic rings. The van der Waals surface area contributed by atoms with Crippen LogP contribution in [0.5, 0.6) is 0 Å². The first kappa shape index (κ1) is 20.6. The summed E-state index contributed by atoms with van der Waals surface area (Å²) in [5.41, 5.74) is 1.14. The number of carbonyl (C=O) groups is 2. The fraction of sp³-hybridized carbons (Fsp3) is 0.737. The largest absolute Gasteiger partial charge is 0.394 e. The van der Waals surface area contributed by atoms with E-state index in [0.717, 1.165) is 25.9 Å². The number of amides is 3. The summed E-state index contributed by atoms with van der Waals surface area (Å²) in [5.74, 6) is 0.645. The lowest BCUT2D eigenvalue weighted by Crippen LogP contribution is -2.52. The van der Waals surface area contributed by atoms with E-state index in [0.29, 0.717) is 36.4 Å². The highest BCUT2D eigenvalue weighted by atomic mass is 16.5. The van der Waals surface area contributed by atoms with Crippen molar-refractivity contribution in [1.29, 1.82) is 0 Å². The van der Waals surface area contributed by atoms with Gasteiger partial charge in [0.1, 0.15) is 17.5 Å². The lowest BCUT2D eigenvalue weighted by atomic mass is 9.96. The number of ether oxygens (including phenoxy) is 1. The van der Waals surface area contributed by atoms with E-state index in [9.17, 15) is 14.7 Å². The quantitative estimate of drug-likeness (QED) is 0.700. The van der Waals surface area contributed by atoms with Gasteiger partial charge >= 0.3 is 6.03 Å². The van der Waals surface area contributed by atoms with Gasteiger partial charge in [-0.15, -0.1) is 0 Å². The van der Waals surface area contributed by atoms with Crippen LogP contribution >= 0.6 is 0 Å². The third-order valence-electron chi connectivity index (χ3n) is 5.50. The zero-order valence-corrected chi connectivity index (χ0v) is 16.6. The van der Waals surface area contributed by atoms with Crippen molar-refractivity contribution in [2.24, 2.45) is 0 Å². The van der Waals surface area contributed by atoms with Gasteiger partial charge < -0.3 is 29.9 Å². The van der Waals surface area contributed by atoms with Crippen LogP contribution < -0.4 is 10.6 Å². The van der Waals surface area contributed by atoms with Crippen LogP contribution in [0.3, 0.4) is 0 Å². The topological polar surface area (TPSA) is 117 Å². The van der Waals surface area contributed by atoms with E-state index < -0.39 is 12.1 Å². The fourth-order valence-corrected chi connectivity index (χ4v) is 3.89. The molecule has 1 aromatic rings. The number of hydrogen-bond acceptors (Lipinski definition) is 6. The van der Waals surface area contributed by atoms with E-state index in [1.165, 1.54) is 6.42 Å². The highest BCUT2D eigenvalue weighted by Crippen LogP contribution is 2.24. The summed E-state index contributed by atoms with van der Waals surface area (Å²) in [6, 6.07) is -0.726. The van der Waals surface area contributed by atoms with Crippen molar-refractivity contribution in [2.45, 2.75) is 70.6 Å². The van der Waals surface area contributed by atoms with Crippen LogP contribution in [0.25, 0.3) is 0 Å². The van der Waals surface area contributed by atoms with Gasteiger partial charge in [0.15, 0.2) is 5.76 Å². The molecule has 3 amide bonds. The van der Waals surface area contributed by atoms with Crippen molar-refractivity contribution in [3.8, 4) is 0 Å². The van der Waals surface area contributed by atoms with Crippen LogP contribution in [0.2, 0.25) is 0 Å². The van der Waals surface area contributed by atoms with E-state index in [1.54, 1.807) is 13.8 Å². The highest BCUT2D eigenvalue weighted by molar-refractivity contribution is 5.90. The SMILES string of the molecule is Cc1noc(C)c1NC(=O)N[C@@H]1CC[C@@H](CC(=O)N2CCCCC2)O[C@H]1CO. The Morgan fingerprint density at radius 3 is 2.61 bits per heavy atom. The molecule has 0 spiro atoms. The van der Waals surface area contributed by atoms with Crippen molar-refractivity contribution < 1.29 is 24.0 Å². The van der Waals surface area contributed by atoms with E-state index in [1.807, 2.05) is 4.90 Å². The Morgan fingerprint density at radius 2 is 1.96 bits per heavy atom. The summed E-state index contributed by atoms with van der Waals surface area (Å²) in [7, 11) is 0. The number of aliphatic hydroxyl groups excluding tert-OH is 1. The first-order valence-corrected chi connectivity index (χ1v) is 10.0. The first-order chi connectivity index (χ1) is 13.5. The molecule has 0 aromatic carbocycles. The minimum Gasteiger partial charge on any atom is -0.394 e. The van der Waals surface area contributed by atoms with E-state index in [-0.39, 0.29) is 24.7 Å². The lowest BCUT2D eigenvalue weighted by molar-refractivity contribution is -0.141. The summed E-state index contributed by atoms with van der Waals surface area (Å²) >= 11 is 0. The number of aryl methyl sites for hydroxylation is 2. The number of anilines is 1. The van der Waals surface area contributed by atoms with Crippen molar-refractivity contribution in [2.75, 3.05) is 25.0 Å². The second-order valence-corrected chi connectivity index (χ2v) is 7.61. The molecule has 2 saturated heterocycles. The Morgan fingerprint density at radius 1 is 1.21 bits per heavy atom. The number of aliphatic hydroxyl groups is 1. The van der Waals surface area contributed by atoms with Gasteiger partial charge in [-0.25, -0.2) is 4.79 Å². The number of aromatic nitrogens is 1. The Labute approximate surface area is 164 Å². The third-order valence-corrected chi connectivity index (χ3v) is 5.50. The molecule has 9 heteroatoms. The number of nitrogens with one attached hydrogen (secondary N) is 2. The molecule has 2 aliphatic heterocycles. The van der Waals surface area contributed by atoms with Gasteiger partial charge in [-0.2, -0.15) is 0 Å². The standard InChI is InChI=1S/C19H30N4O5/c1-12-18(13(2)28-22-12)21-19(26)20-15-7-6-14(27-16(15)11-24)10-17(25)23-8-4-3-5-9-23/h14-16,24H,3-11H2,1-2H3,(H2,20,21,26)/t14-,15+,16-/m0/s1. The summed E-state index contributed by atoms with van der Waals surface area (Å²) in [5, 5.41) is 19.1. The molecule has 156 valence electrons. The molecule has 1 aromatic heterocycles. The fourth-order valence-electron chi connectivity index (χ4n) is 3.89. The second kappa shape index (κ2) is 9.38. The minimum atomic E-state index is -0.539. The average Bonchev–Trinajstić information content (AvgIpc) is 3.01. The molecule has 0 saturated carbocycles. The van der Waals surface area contributed by atoms with Gasteiger partial charge in [-0.3, -0.25) is 4.79 Å². The zero-order chi connectivity index (χ0) is 20.1. The molecule has 9 nitrogen and oxygen atoms in total. The molecule has 3 rings (SSSR count). The van der Waals surface area contributed by atoms with Gasteiger partial charge in [0.2, 0.25) is 5.91 Å². The molecular formula is C19H30N4O5. The lowest BCUT2D eigenvalue weighted by Gasteiger charge is -2.37. The Kier molecular flexibility index (Phi) is 6.90. The van der Waals surface area contributed by atoms with E-state index >= 15 is 0 Å². The monoisotopic (exact) mass is 394 g/mol. The van der Waals surface area contributed by atoms with Gasteiger partial charge in [-0.1, -0.05) is 5.16 Å². The molecule has 28 heavy (non-hydrogen) atoms. The van der Waals surface area contributed by atoms with Crippen LogP contribution in [0.15, 0.2) is 4.52 Å². The predicted octanol–water partition coefficient (Wildman–Crippen LogP) is 1.72. The van der Waals surface area contributed by atoms with Crippen molar-refractivity contribution >= 4 is 17.6 Å². The summed E-state index contributed by atoms with van der Waals surface area (Å²) in [4.78, 5) is 26.7. The second-order valence-electron chi connectivity index (χ2n) is 7.61. The van der Waals surface area contributed by atoms with Crippen LogP contribution in [0.4, 0.5) is 10.5 Å². The van der Waals surface area contributed by atoms with Gasteiger partial charge in [0, 0.05) is 13.1 Å². The maximum absolute atomic E-state index is 12.5. The molecule has 3 atom stereocenters. The maximum atomic E-state index is 12.5. The predicted molar refractivity (Wildman–Crippen MR) is 102 cm³/mol. The van der Waals surface area contributed by atoms with E-state index in [4.69, 9.17) is 9.26 Å². The smallest absolute Gasteiger partial charge is 0.319 e. The third kappa shape index (κ3) is 5.02. The van der Waals surface area contributed by atoms with Gasteiger partial charge in [-0.05, 0) is 46.0 Å². The first-order valence-electron chi connectivity index (χ1n) is 10.0. The number of piperidine rings is 1. The molecule has 0 aliphatic carbocycles. The zero-order valence-electron chi connectivity index (χ0n) is 16.6. The van der Waals surface area contributed by atoms with Gasteiger partial charge in [0.25, 0.3) is 0 Å². The Hall–Kier alpha value is -2.13. The number of rotatable bonds is 5. The van der Waals surface area contributed by atoms with Crippen LogP contribution in [0, 0.1) is 13.8 Å². The molecule has 0 unspecified atom stereocenters. The molecule has 0 bridgehead atoms. The normalized spacial score (nSPS) is 25.4. The van der Waals surface area contributed by atoms with Crippen molar-refractivity contribution in [3.63, 3.8) is 0 Å². The van der Waals surface area contributed by atoms with Gasteiger partial charge in [0.05, 0.1) is 25.2 Å². The number of urea groups is 1. The summed E-state index contributed by atoms with van der Waals surface area (Å²) in [6.07, 6.45) is 4.16. The summed E-state index contributed by atoms with van der Waals surface area (Å²) in [6.45, 7) is 4.89. The molecule has 2 fully saturated rings. The Balaban J connectivity index is 1.50. The van der Waals surface area contributed by atoms with Crippen LogP contribution in [-0.2, 0) is 9.53 Å². The van der Waals surface area contributed by atoms with Crippen molar-refractivity contribution in [1.82, 2.24) is 15.4 Å². The highest BCUT2D eigenvalue weighted by Gasteiger charge is 2.34. The van der Waals surface area contributed by atoms with Crippen molar-refractivity contribution in [3.05, 3.63) is 11.5 Å². The molecular weight excluding hydrogens is 364 g/mol. The van der Waals surface area contributed by atoms with Crippen LogP contribution in [-0.4, -0.2) is 65.0 Å². The summed E-state index contributed by atoms with van der Waals surface area (Å²) < 4.78 is 11.0. The number of nitrogens with zero attached hydrogens (tertiary/aromatic N) is 2. The molecule has 0 radical (unpaired) electrons. The van der Waals surface area contributed by atoms with Crippen LogP contribution in [0.1, 0.15) is 50.0 Å². The number of likely N-dealkylation sites (tertiary alicyclic amines) is 1. The molecule has 3 heterocycles. The maximum Gasteiger partial charge on any atom is 0.319 e.